The number of nitrogens with one attached hydrogen (secondary N) is 1. The maximum absolute atomic E-state index is 13.9. The predicted molar refractivity (Wildman–Crippen MR) is 159 cm³/mol. The summed E-state index contributed by atoms with van der Waals surface area (Å²) in [4.78, 5) is 28.6. The summed E-state index contributed by atoms with van der Waals surface area (Å²) < 4.78 is 32.6. The summed E-state index contributed by atoms with van der Waals surface area (Å²) >= 11 is 0. The van der Waals surface area contributed by atoms with Gasteiger partial charge in [0.25, 0.3) is 0 Å². The van der Waals surface area contributed by atoms with Crippen LogP contribution in [0.5, 0.6) is 11.5 Å². The molecule has 0 radical (unpaired) electrons. The number of hydrogen-bond donors (Lipinski definition) is 1. The predicted octanol–water partition coefficient (Wildman–Crippen LogP) is 5.28. The molecule has 214 valence electrons. The monoisotopic (exact) mass is 565 g/mol. The molecule has 0 saturated heterocycles. The smallest absolute Gasteiger partial charge is 0.244 e. The van der Waals surface area contributed by atoms with E-state index in [1.54, 1.807) is 24.3 Å². The molecule has 3 rings (SSSR count). The molecule has 0 aromatic heterocycles. The fraction of sp³-hybridized carbons (Fsp3) is 0.355. The molecular weight excluding hydrogens is 526 g/mol. The van der Waals surface area contributed by atoms with Gasteiger partial charge in [0.2, 0.25) is 21.8 Å². The van der Waals surface area contributed by atoms with Crippen molar-refractivity contribution in [3.63, 3.8) is 0 Å². The second-order valence-corrected chi connectivity index (χ2v) is 11.8. The molecule has 1 N–H and O–H groups in total. The number of rotatable bonds is 13. The van der Waals surface area contributed by atoms with Crippen molar-refractivity contribution in [3.8, 4) is 11.5 Å². The second kappa shape index (κ2) is 14.0. The summed E-state index contributed by atoms with van der Waals surface area (Å²) in [5.74, 6) is 0.457. The van der Waals surface area contributed by atoms with Crippen LogP contribution in [0.25, 0.3) is 0 Å². The number of benzene rings is 3. The number of nitrogens with zero attached hydrogens (tertiary/aromatic N) is 2. The number of sulfonamides is 1. The third kappa shape index (κ3) is 8.32. The highest BCUT2D eigenvalue weighted by Crippen LogP contribution is 2.26. The fourth-order valence-electron chi connectivity index (χ4n) is 4.25. The highest BCUT2D eigenvalue weighted by atomic mass is 32.2. The van der Waals surface area contributed by atoms with Gasteiger partial charge in [-0.1, -0.05) is 56.3 Å². The summed E-state index contributed by atoms with van der Waals surface area (Å²) in [5, 5.41) is 2.98. The molecule has 0 aliphatic rings. The van der Waals surface area contributed by atoms with E-state index in [9.17, 15) is 18.0 Å². The molecule has 3 aromatic carbocycles. The minimum absolute atomic E-state index is 0.0545. The van der Waals surface area contributed by atoms with Crippen LogP contribution in [0.15, 0.2) is 78.9 Å². The lowest BCUT2D eigenvalue weighted by molar-refractivity contribution is -0.140. The van der Waals surface area contributed by atoms with Gasteiger partial charge >= 0.3 is 0 Å². The number of hydrogen-bond acceptors (Lipinski definition) is 5. The van der Waals surface area contributed by atoms with Gasteiger partial charge in [0, 0.05) is 12.6 Å². The summed E-state index contributed by atoms with van der Waals surface area (Å²) in [6.45, 7) is 7.41. The topological polar surface area (TPSA) is 96.0 Å². The first-order chi connectivity index (χ1) is 19.0. The van der Waals surface area contributed by atoms with E-state index in [2.05, 4.69) is 5.32 Å². The number of para-hydroxylation sites is 1. The van der Waals surface area contributed by atoms with Crippen molar-refractivity contribution in [3.05, 3.63) is 90.0 Å². The van der Waals surface area contributed by atoms with Gasteiger partial charge in [-0.3, -0.25) is 13.9 Å². The first-order valence-electron chi connectivity index (χ1n) is 13.5. The van der Waals surface area contributed by atoms with Crippen molar-refractivity contribution in [2.45, 2.75) is 59.2 Å². The number of ether oxygens (including phenoxy) is 1. The first-order valence-corrected chi connectivity index (χ1v) is 15.3. The van der Waals surface area contributed by atoms with E-state index in [1.807, 2.05) is 82.3 Å². The first kappa shape index (κ1) is 30.7. The zero-order valence-corrected chi connectivity index (χ0v) is 24.6. The van der Waals surface area contributed by atoms with Crippen molar-refractivity contribution in [1.29, 1.82) is 0 Å². The largest absolute Gasteiger partial charge is 0.457 e. The summed E-state index contributed by atoms with van der Waals surface area (Å²) in [6.07, 6.45) is 2.19. The number of aryl methyl sites for hydroxylation is 1. The van der Waals surface area contributed by atoms with Gasteiger partial charge in [-0.25, -0.2) is 8.42 Å². The summed E-state index contributed by atoms with van der Waals surface area (Å²) in [5.41, 5.74) is 2.19. The average molecular weight is 566 g/mol. The standard InChI is InChI=1S/C31H39N3O5S/c1-6-24(4)32-31(36)29(7-2)33(21-25-14-12-11-13-23(25)3)30(35)22-34(40(5,37)38)26-17-19-28(20-18-26)39-27-15-9-8-10-16-27/h8-20,24,29H,6-7,21-22H2,1-5H3,(H,32,36)/t24-,29+/m1/s1. The van der Waals surface area contributed by atoms with Gasteiger partial charge < -0.3 is 15.0 Å². The molecule has 40 heavy (non-hydrogen) atoms. The average Bonchev–Trinajstić information content (AvgIpc) is 2.93. The van der Waals surface area contributed by atoms with Gasteiger partial charge in [0.05, 0.1) is 11.9 Å². The molecule has 3 aromatic rings. The van der Waals surface area contributed by atoms with Crippen LogP contribution in [0, 0.1) is 6.92 Å². The van der Waals surface area contributed by atoms with Crippen LogP contribution in [0.4, 0.5) is 5.69 Å². The molecule has 0 heterocycles. The highest BCUT2D eigenvalue weighted by molar-refractivity contribution is 7.92. The SMILES string of the molecule is CC[C@@H](C)NC(=O)[C@H](CC)N(Cc1ccccc1C)C(=O)CN(c1ccc(Oc2ccccc2)cc1)S(C)(=O)=O. The minimum atomic E-state index is -3.83. The van der Waals surface area contributed by atoms with E-state index >= 15 is 0 Å². The summed E-state index contributed by atoms with van der Waals surface area (Å²) in [7, 11) is -3.83. The minimum Gasteiger partial charge on any atom is -0.457 e. The molecule has 0 aliphatic heterocycles. The third-order valence-corrected chi connectivity index (χ3v) is 7.91. The fourth-order valence-corrected chi connectivity index (χ4v) is 5.10. The zero-order valence-electron chi connectivity index (χ0n) is 23.8. The quantitative estimate of drug-likeness (QED) is 0.304. The molecule has 0 aliphatic carbocycles. The number of carbonyl (C=O) groups is 2. The Bertz CT molecular complexity index is 1380. The van der Waals surface area contributed by atoms with Gasteiger partial charge in [0.1, 0.15) is 24.1 Å². The Hall–Kier alpha value is -3.85. The molecule has 0 spiro atoms. The van der Waals surface area contributed by atoms with Crippen LogP contribution in [0.2, 0.25) is 0 Å². The van der Waals surface area contributed by atoms with E-state index in [-0.39, 0.29) is 18.5 Å². The lowest BCUT2D eigenvalue weighted by atomic mass is 10.1. The van der Waals surface area contributed by atoms with Crippen LogP contribution in [-0.4, -0.2) is 50.0 Å². The van der Waals surface area contributed by atoms with Crippen LogP contribution >= 0.6 is 0 Å². The maximum atomic E-state index is 13.9. The van der Waals surface area contributed by atoms with E-state index < -0.39 is 28.5 Å². The second-order valence-electron chi connectivity index (χ2n) is 9.87. The van der Waals surface area contributed by atoms with Crippen molar-refractivity contribution in [1.82, 2.24) is 10.2 Å². The molecule has 0 fully saturated rings. The van der Waals surface area contributed by atoms with Crippen LogP contribution in [0.1, 0.15) is 44.7 Å². The Balaban J connectivity index is 1.90. The summed E-state index contributed by atoms with van der Waals surface area (Å²) in [6, 6.07) is 22.6. The number of anilines is 1. The Morgan fingerprint density at radius 3 is 2.05 bits per heavy atom. The molecular formula is C31H39N3O5S. The van der Waals surface area contributed by atoms with E-state index in [4.69, 9.17) is 4.74 Å². The Morgan fingerprint density at radius 2 is 1.48 bits per heavy atom. The zero-order chi connectivity index (χ0) is 29.3. The van der Waals surface area contributed by atoms with Crippen molar-refractivity contribution in [2.75, 3.05) is 17.1 Å². The van der Waals surface area contributed by atoms with Gasteiger partial charge in [-0.2, -0.15) is 0 Å². The molecule has 2 amide bonds. The third-order valence-electron chi connectivity index (χ3n) is 6.77. The van der Waals surface area contributed by atoms with Crippen LogP contribution in [-0.2, 0) is 26.2 Å². The van der Waals surface area contributed by atoms with Gasteiger partial charge in [0.15, 0.2) is 0 Å². The van der Waals surface area contributed by atoms with Crippen LogP contribution in [0.3, 0.4) is 0 Å². The Kier molecular flexibility index (Phi) is 10.7. The molecule has 0 unspecified atom stereocenters. The van der Waals surface area contributed by atoms with Crippen molar-refractivity contribution < 1.29 is 22.7 Å². The van der Waals surface area contributed by atoms with E-state index in [0.29, 0.717) is 23.6 Å². The molecule has 9 heteroatoms. The molecule has 0 bridgehead atoms. The van der Waals surface area contributed by atoms with E-state index in [0.717, 1.165) is 28.1 Å². The van der Waals surface area contributed by atoms with Crippen molar-refractivity contribution in [2.24, 2.45) is 0 Å². The molecule has 8 nitrogen and oxygen atoms in total. The van der Waals surface area contributed by atoms with Gasteiger partial charge in [-0.15, -0.1) is 0 Å². The lowest BCUT2D eigenvalue weighted by Crippen LogP contribution is -2.53. The Labute approximate surface area is 238 Å². The Morgan fingerprint density at radius 1 is 0.875 bits per heavy atom. The normalized spacial score (nSPS) is 12.7. The molecule has 2 atom stereocenters. The number of carbonyl (C=O) groups excluding carboxylic acids is 2. The van der Waals surface area contributed by atoms with Gasteiger partial charge in [-0.05, 0) is 74.2 Å². The van der Waals surface area contributed by atoms with Crippen LogP contribution < -0.4 is 14.4 Å². The lowest BCUT2D eigenvalue weighted by Gasteiger charge is -2.33. The highest BCUT2D eigenvalue weighted by Gasteiger charge is 2.32. The van der Waals surface area contributed by atoms with Crippen molar-refractivity contribution >= 4 is 27.5 Å². The molecule has 0 saturated carbocycles. The maximum Gasteiger partial charge on any atom is 0.244 e. The van der Waals surface area contributed by atoms with E-state index in [1.165, 1.54) is 4.90 Å². The number of amides is 2.